The molecule has 0 aromatic carbocycles. The van der Waals surface area contributed by atoms with Gasteiger partial charge in [-0.1, -0.05) is 19.8 Å². The van der Waals surface area contributed by atoms with E-state index in [1.807, 2.05) is 6.92 Å². The van der Waals surface area contributed by atoms with E-state index < -0.39 is 0 Å². The predicted octanol–water partition coefficient (Wildman–Crippen LogP) is 3.57. The van der Waals surface area contributed by atoms with Crippen molar-refractivity contribution in [3.8, 4) is 0 Å². The molecule has 2 aromatic heterocycles. The lowest BCUT2D eigenvalue weighted by Gasteiger charge is -2.30. The summed E-state index contributed by atoms with van der Waals surface area (Å²) in [6, 6.07) is 2.67. The number of anilines is 1. The first-order valence-corrected chi connectivity index (χ1v) is 7.24. The zero-order chi connectivity index (χ0) is 13.4. The molecular formula is C15H22N4. The molecule has 19 heavy (non-hydrogen) atoms. The normalized spacial score (nSPS) is 23.7. The van der Waals surface area contributed by atoms with Crippen molar-refractivity contribution in [3.63, 3.8) is 0 Å². The molecule has 4 heteroatoms. The molecule has 3 rings (SSSR count). The summed E-state index contributed by atoms with van der Waals surface area (Å²) in [6.07, 6.45) is 5.24. The Labute approximate surface area is 114 Å². The average Bonchev–Trinajstić information content (AvgIpc) is 2.72. The molecule has 2 unspecified atom stereocenters. The number of aromatic nitrogens is 3. The van der Waals surface area contributed by atoms with Gasteiger partial charge in [-0.3, -0.25) is 0 Å². The molecule has 102 valence electrons. The van der Waals surface area contributed by atoms with Crippen LogP contribution in [-0.2, 0) is 0 Å². The van der Waals surface area contributed by atoms with Crippen LogP contribution in [0.1, 0.15) is 44.1 Å². The standard InChI is InChI=1S/C15H22N4/c1-9-6-4-5-7-13(9)19-15-12-8-10(2)16-14(12)17-11(3)18-15/h8-9,13H,4-7H2,1-3H3,(H2,16,17,18,19). The number of hydrogen-bond donors (Lipinski definition) is 2. The fourth-order valence-electron chi connectivity index (χ4n) is 3.07. The molecule has 1 saturated carbocycles. The van der Waals surface area contributed by atoms with Gasteiger partial charge in [0.15, 0.2) is 0 Å². The Morgan fingerprint density at radius 3 is 2.79 bits per heavy atom. The third-order valence-electron chi connectivity index (χ3n) is 4.17. The largest absolute Gasteiger partial charge is 0.366 e. The molecule has 0 bridgehead atoms. The van der Waals surface area contributed by atoms with Gasteiger partial charge in [0.05, 0.1) is 5.39 Å². The number of nitrogens with one attached hydrogen (secondary N) is 2. The molecule has 0 saturated heterocycles. The molecule has 0 amide bonds. The molecule has 0 spiro atoms. The number of aromatic amines is 1. The Balaban J connectivity index is 1.95. The quantitative estimate of drug-likeness (QED) is 0.866. The lowest BCUT2D eigenvalue weighted by atomic mass is 9.86. The van der Waals surface area contributed by atoms with E-state index in [9.17, 15) is 0 Å². The van der Waals surface area contributed by atoms with Crippen LogP contribution in [0.25, 0.3) is 11.0 Å². The van der Waals surface area contributed by atoms with Gasteiger partial charge in [0, 0.05) is 11.7 Å². The van der Waals surface area contributed by atoms with Gasteiger partial charge in [-0.2, -0.15) is 0 Å². The number of H-pyrrole nitrogens is 1. The van der Waals surface area contributed by atoms with Gasteiger partial charge in [-0.25, -0.2) is 9.97 Å². The molecule has 1 fully saturated rings. The van der Waals surface area contributed by atoms with E-state index in [1.165, 1.54) is 25.7 Å². The summed E-state index contributed by atoms with van der Waals surface area (Å²) in [4.78, 5) is 12.4. The van der Waals surface area contributed by atoms with E-state index in [4.69, 9.17) is 0 Å². The van der Waals surface area contributed by atoms with Gasteiger partial charge in [-0.05, 0) is 38.7 Å². The fourth-order valence-corrected chi connectivity index (χ4v) is 3.07. The zero-order valence-electron chi connectivity index (χ0n) is 12.0. The lowest BCUT2D eigenvalue weighted by Crippen LogP contribution is -2.30. The number of hydrogen-bond acceptors (Lipinski definition) is 3. The van der Waals surface area contributed by atoms with Crippen LogP contribution in [0.15, 0.2) is 6.07 Å². The first-order valence-electron chi connectivity index (χ1n) is 7.24. The third kappa shape index (κ3) is 2.44. The van der Waals surface area contributed by atoms with Crippen molar-refractivity contribution >= 4 is 16.9 Å². The van der Waals surface area contributed by atoms with E-state index in [2.05, 4.69) is 40.2 Å². The van der Waals surface area contributed by atoms with Crippen molar-refractivity contribution in [2.45, 2.75) is 52.5 Å². The minimum atomic E-state index is 0.543. The second-order valence-corrected chi connectivity index (χ2v) is 5.85. The Kier molecular flexibility index (Phi) is 3.17. The van der Waals surface area contributed by atoms with Crippen molar-refractivity contribution in [2.75, 3.05) is 5.32 Å². The highest BCUT2D eigenvalue weighted by Gasteiger charge is 2.22. The van der Waals surface area contributed by atoms with E-state index in [1.54, 1.807) is 0 Å². The molecule has 0 aliphatic heterocycles. The summed E-state index contributed by atoms with van der Waals surface area (Å²) in [7, 11) is 0. The molecule has 2 heterocycles. The monoisotopic (exact) mass is 258 g/mol. The Hall–Kier alpha value is -1.58. The van der Waals surface area contributed by atoms with Crippen molar-refractivity contribution in [2.24, 2.45) is 5.92 Å². The summed E-state index contributed by atoms with van der Waals surface area (Å²) >= 11 is 0. The van der Waals surface area contributed by atoms with Crippen LogP contribution < -0.4 is 5.32 Å². The molecule has 1 aliphatic rings. The molecule has 2 atom stereocenters. The Morgan fingerprint density at radius 1 is 1.21 bits per heavy atom. The summed E-state index contributed by atoms with van der Waals surface area (Å²) in [5, 5.41) is 4.77. The van der Waals surface area contributed by atoms with Crippen LogP contribution in [-0.4, -0.2) is 21.0 Å². The molecular weight excluding hydrogens is 236 g/mol. The van der Waals surface area contributed by atoms with Crippen molar-refractivity contribution in [3.05, 3.63) is 17.6 Å². The van der Waals surface area contributed by atoms with Crippen LogP contribution in [0.5, 0.6) is 0 Å². The van der Waals surface area contributed by atoms with Crippen LogP contribution in [0.2, 0.25) is 0 Å². The fraction of sp³-hybridized carbons (Fsp3) is 0.600. The summed E-state index contributed by atoms with van der Waals surface area (Å²) in [5.41, 5.74) is 2.07. The topological polar surface area (TPSA) is 53.6 Å². The maximum Gasteiger partial charge on any atom is 0.143 e. The van der Waals surface area contributed by atoms with Gasteiger partial charge < -0.3 is 10.3 Å². The first kappa shape index (κ1) is 12.5. The van der Waals surface area contributed by atoms with Crippen LogP contribution in [0.3, 0.4) is 0 Å². The second kappa shape index (κ2) is 4.83. The van der Waals surface area contributed by atoms with Crippen LogP contribution >= 0.6 is 0 Å². The van der Waals surface area contributed by atoms with E-state index in [0.717, 1.165) is 34.3 Å². The maximum absolute atomic E-state index is 4.60. The second-order valence-electron chi connectivity index (χ2n) is 5.85. The third-order valence-corrected chi connectivity index (χ3v) is 4.17. The summed E-state index contributed by atoms with van der Waals surface area (Å²) < 4.78 is 0. The van der Waals surface area contributed by atoms with E-state index in [0.29, 0.717) is 6.04 Å². The van der Waals surface area contributed by atoms with Gasteiger partial charge in [0.2, 0.25) is 0 Å². The summed E-state index contributed by atoms with van der Waals surface area (Å²) in [5.74, 6) is 2.53. The van der Waals surface area contributed by atoms with Gasteiger partial charge in [-0.15, -0.1) is 0 Å². The highest BCUT2D eigenvalue weighted by atomic mass is 15.1. The zero-order valence-corrected chi connectivity index (χ0v) is 12.0. The number of nitrogens with zero attached hydrogens (tertiary/aromatic N) is 2. The van der Waals surface area contributed by atoms with Crippen molar-refractivity contribution < 1.29 is 0 Å². The molecule has 2 N–H and O–H groups in total. The maximum atomic E-state index is 4.60. The first-order chi connectivity index (χ1) is 9.13. The van der Waals surface area contributed by atoms with Gasteiger partial charge >= 0.3 is 0 Å². The van der Waals surface area contributed by atoms with Crippen LogP contribution in [0, 0.1) is 19.8 Å². The Morgan fingerprint density at radius 2 is 2.00 bits per heavy atom. The van der Waals surface area contributed by atoms with Crippen LogP contribution in [0.4, 0.5) is 5.82 Å². The minimum absolute atomic E-state index is 0.543. The molecule has 4 nitrogen and oxygen atoms in total. The van der Waals surface area contributed by atoms with Gasteiger partial charge in [0.25, 0.3) is 0 Å². The number of fused-ring (bicyclic) bond motifs is 1. The SMILES string of the molecule is Cc1nc(NC2CCCCC2C)c2cc(C)[nH]c2n1. The Bertz CT molecular complexity index is 587. The van der Waals surface area contributed by atoms with Crippen molar-refractivity contribution in [1.29, 1.82) is 0 Å². The average molecular weight is 258 g/mol. The highest BCUT2D eigenvalue weighted by molar-refractivity contribution is 5.88. The molecule has 0 radical (unpaired) electrons. The highest BCUT2D eigenvalue weighted by Crippen LogP contribution is 2.29. The molecule has 1 aliphatic carbocycles. The predicted molar refractivity (Wildman–Crippen MR) is 78.4 cm³/mol. The lowest BCUT2D eigenvalue weighted by molar-refractivity contribution is 0.349. The minimum Gasteiger partial charge on any atom is -0.366 e. The van der Waals surface area contributed by atoms with Crippen molar-refractivity contribution in [1.82, 2.24) is 15.0 Å². The summed E-state index contributed by atoms with van der Waals surface area (Å²) in [6.45, 7) is 6.35. The number of aryl methyl sites for hydroxylation is 2. The molecule has 2 aromatic rings. The van der Waals surface area contributed by atoms with E-state index in [-0.39, 0.29) is 0 Å². The number of rotatable bonds is 2. The smallest absolute Gasteiger partial charge is 0.143 e. The van der Waals surface area contributed by atoms with Gasteiger partial charge in [0.1, 0.15) is 17.3 Å². The van der Waals surface area contributed by atoms with E-state index >= 15 is 0 Å².